The average Bonchev–Trinajstić information content (AvgIpc) is 2.91. The Morgan fingerprint density at radius 3 is 2.62 bits per heavy atom. The van der Waals surface area contributed by atoms with Gasteiger partial charge in [-0.25, -0.2) is 0 Å². The number of pyridine rings is 1. The Labute approximate surface area is 139 Å². The first-order valence-corrected chi connectivity index (χ1v) is 7.67. The summed E-state index contributed by atoms with van der Waals surface area (Å²) in [4.78, 5) is 16.5. The van der Waals surface area contributed by atoms with Crippen LogP contribution >= 0.6 is 0 Å². The number of benzene rings is 1. The lowest BCUT2D eigenvalue weighted by Gasteiger charge is -2.23. The molecule has 1 saturated carbocycles. The number of hydrogen-bond donors (Lipinski definition) is 3. The van der Waals surface area contributed by atoms with Crippen molar-refractivity contribution < 1.29 is 15.0 Å². The predicted molar refractivity (Wildman–Crippen MR) is 86.0 cm³/mol. The van der Waals surface area contributed by atoms with E-state index in [1.54, 1.807) is 42.7 Å². The standard InChI is InChI=1S/C18H17N3O3/c19-9-11-3-5-12(6-4-11)18(24)21-16-14(8-15(22)17(16)23)13-2-1-7-20-10-13/h1-7,10,14-17,22-23H,8H2,(H,21,24)/t14-,15-,16-,17-/m1/s1. The van der Waals surface area contributed by atoms with Crippen molar-refractivity contribution in [2.45, 2.75) is 30.6 Å². The van der Waals surface area contributed by atoms with Crippen molar-refractivity contribution in [2.75, 3.05) is 0 Å². The first-order chi connectivity index (χ1) is 11.6. The molecule has 2 aromatic rings. The van der Waals surface area contributed by atoms with E-state index in [1.165, 1.54) is 0 Å². The number of hydrogen-bond acceptors (Lipinski definition) is 5. The highest BCUT2D eigenvalue weighted by Crippen LogP contribution is 2.35. The third-order valence-corrected chi connectivity index (χ3v) is 4.38. The number of rotatable bonds is 3. The molecule has 0 spiro atoms. The topological polar surface area (TPSA) is 106 Å². The number of nitrogens with zero attached hydrogens (tertiary/aromatic N) is 2. The zero-order valence-corrected chi connectivity index (χ0v) is 12.8. The summed E-state index contributed by atoms with van der Waals surface area (Å²) >= 11 is 0. The summed E-state index contributed by atoms with van der Waals surface area (Å²) in [5.74, 6) is -0.572. The third kappa shape index (κ3) is 3.13. The van der Waals surface area contributed by atoms with Crippen LogP contribution in [0.3, 0.4) is 0 Å². The molecule has 0 radical (unpaired) electrons. The van der Waals surface area contributed by atoms with Crippen LogP contribution in [0.25, 0.3) is 0 Å². The summed E-state index contributed by atoms with van der Waals surface area (Å²) in [6.45, 7) is 0. The lowest BCUT2D eigenvalue weighted by molar-refractivity contribution is 0.0294. The normalized spacial score (nSPS) is 25.9. The number of aliphatic hydroxyl groups is 2. The van der Waals surface area contributed by atoms with Crippen molar-refractivity contribution in [3.63, 3.8) is 0 Å². The van der Waals surface area contributed by atoms with E-state index in [9.17, 15) is 15.0 Å². The van der Waals surface area contributed by atoms with Crippen molar-refractivity contribution in [3.8, 4) is 6.07 Å². The van der Waals surface area contributed by atoms with Crippen molar-refractivity contribution in [2.24, 2.45) is 0 Å². The lowest BCUT2D eigenvalue weighted by Crippen LogP contribution is -2.45. The van der Waals surface area contributed by atoms with Gasteiger partial charge >= 0.3 is 0 Å². The second kappa shape index (κ2) is 6.79. The van der Waals surface area contributed by atoms with Crippen LogP contribution in [0, 0.1) is 11.3 Å². The Morgan fingerprint density at radius 1 is 1.25 bits per heavy atom. The van der Waals surface area contributed by atoms with Gasteiger partial charge in [-0.05, 0) is 42.3 Å². The molecule has 4 atom stereocenters. The molecule has 24 heavy (non-hydrogen) atoms. The van der Waals surface area contributed by atoms with Crippen LogP contribution in [0.5, 0.6) is 0 Å². The molecule has 1 aliphatic rings. The van der Waals surface area contributed by atoms with Crippen LogP contribution in [0.4, 0.5) is 0 Å². The zero-order chi connectivity index (χ0) is 17.1. The number of amides is 1. The Morgan fingerprint density at radius 2 is 2.00 bits per heavy atom. The Bertz CT molecular complexity index is 755. The fourth-order valence-electron chi connectivity index (χ4n) is 3.08. The fraction of sp³-hybridized carbons (Fsp3) is 0.278. The second-order valence-corrected chi connectivity index (χ2v) is 5.87. The molecular weight excluding hydrogens is 306 g/mol. The van der Waals surface area contributed by atoms with E-state index < -0.39 is 18.2 Å². The number of aromatic nitrogens is 1. The van der Waals surface area contributed by atoms with Crippen molar-refractivity contribution in [1.29, 1.82) is 5.26 Å². The number of nitriles is 1. The molecule has 1 amide bonds. The third-order valence-electron chi connectivity index (χ3n) is 4.38. The maximum absolute atomic E-state index is 12.4. The lowest BCUT2D eigenvalue weighted by atomic mass is 9.94. The highest BCUT2D eigenvalue weighted by atomic mass is 16.3. The van der Waals surface area contributed by atoms with Gasteiger partial charge in [0.1, 0.15) is 6.10 Å². The fourth-order valence-corrected chi connectivity index (χ4v) is 3.08. The van der Waals surface area contributed by atoms with Crippen LogP contribution in [-0.4, -0.2) is 39.4 Å². The smallest absolute Gasteiger partial charge is 0.251 e. The molecule has 6 heteroatoms. The van der Waals surface area contributed by atoms with E-state index >= 15 is 0 Å². The molecule has 3 rings (SSSR count). The molecule has 122 valence electrons. The van der Waals surface area contributed by atoms with Crippen LogP contribution in [-0.2, 0) is 0 Å². The zero-order valence-electron chi connectivity index (χ0n) is 12.8. The van der Waals surface area contributed by atoms with E-state index in [0.29, 0.717) is 17.5 Å². The monoisotopic (exact) mass is 323 g/mol. The average molecular weight is 323 g/mol. The maximum atomic E-state index is 12.4. The summed E-state index contributed by atoms with van der Waals surface area (Å²) in [6, 6.07) is 11.3. The predicted octanol–water partition coefficient (Wildman–Crippen LogP) is 0.961. The molecule has 0 aliphatic heterocycles. The van der Waals surface area contributed by atoms with Gasteiger partial charge in [-0.2, -0.15) is 5.26 Å². The van der Waals surface area contributed by atoms with Gasteiger partial charge in [-0.15, -0.1) is 0 Å². The van der Waals surface area contributed by atoms with Crippen molar-refractivity contribution in [3.05, 3.63) is 65.5 Å². The van der Waals surface area contributed by atoms with E-state index in [2.05, 4.69) is 10.3 Å². The van der Waals surface area contributed by atoms with E-state index in [4.69, 9.17) is 5.26 Å². The molecule has 0 unspecified atom stereocenters. The van der Waals surface area contributed by atoms with E-state index in [-0.39, 0.29) is 11.8 Å². The summed E-state index contributed by atoms with van der Waals surface area (Å²) in [7, 11) is 0. The van der Waals surface area contributed by atoms with Gasteiger partial charge in [0.05, 0.1) is 23.8 Å². The second-order valence-electron chi connectivity index (χ2n) is 5.87. The van der Waals surface area contributed by atoms with E-state index in [1.807, 2.05) is 12.1 Å². The number of aliphatic hydroxyl groups excluding tert-OH is 2. The Kier molecular flexibility index (Phi) is 4.56. The van der Waals surface area contributed by atoms with Gasteiger partial charge in [0.25, 0.3) is 5.91 Å². The molecule has 3 N–H and O–H groups in total. The number of carbonyl (C=O) groups is 1. The molecule has 0 saturated heterocycles. The van der Waals surface area contributed by atoms with Gasteiger partial charge < -0.3 is 15.5 Å². The quantitative estimate of drug-likeness (QED) is 0.780. The molecule has 6 nitrogen and oxygen atoms in total. The molecule has 1 aliphatic carbocycles. The molecule has 1 aromatic heterocycles. The van der Waals surface area contributed by atoms with Crippen LogP contribution in [0.1, 0.15) is 33.8 Å². The Hall–Kier alpha value is -2.75. The van der Waals surface area contributed by atoms with Gasteiger partial charge in [0.2, 0.25) is 0 Å². The highest BCUT2D eigenvalue weighted by molar-refractivity contribution is 5.94. The SMILES string of the molecule is N#Cc1ccc(C(=O)N[C@H]2[C@H](O)[C@H](O)C[C@@H]2c2cccnc2)cc1. The van der Waals surface area contributed by atoms with Gasteiger partial charge in [0, 0.05) is 23.9 Å². The molecule has 0 bridgehead atoms. The molecular formula is C18H17N3O3. The minimum atomic E-state index is -1.04. The van der Waals surface area contributed by atoms with Crippen LogP contribution in [0.15, 0.2) is 48.8 Å². The first kappa shape index (κ1) is 16.1. The van der Waals surface area contributed by atoms with Gasteiger partial charge in [0.15, 0.2) is 0 Å². The van der Waals surface area contributed by atoms with Gasteiger partial charge in [-0.1, -0.05) is 6.07 Å². The van der Waals surface area contributed by atoms with E-state index in [0.717, 1.165) is 5.56 Å². The van der Waals surface area contributed by atoms with Crippen LogP contribution in [0.2, 0.25) is 0 Å². The first-order valence-electron chi connectivity index (χ1n) is 7.67. The number of carbonyl (C=O) groups excluding carboxylic acids is 1. The molecule has 1 aromatic carbocycles. The largest absolute Gasteiger partial charge is 0.390 e. The minimum Gasteiger partial charge on any atom is -0.390 e. The van der Waals surface area contributed by atoms with Crippen LogP contribution < -0.4 is 5.32 Å². The highest BCUT2D eigenvalue weighted by Gasteiger charge is 2.43. The minimum absolute atomic E-state index is 0.217. The summed E-state index contributed by atoms with van der Waals surface area (Å²) in [6.07, 6.45) is 1.73. The van der Waals surface area contributed by atoms with Gasteiger partial charge in [-0.3, -0.25) is 9.78 Å². The number of nitrogens with one attached hydrogen (secondary N) is 1. The summed E-state index contributed by atoms with van der Waals surface area (Å²) in [5, 5.41) is 31.8. The maximum Gasteiger partial charge on any atom is 0.251 e. The Balaban J connectivity index is 1.80. The van der Waals surface area contributed by atoms with Crippen molar-refractivity contribution in [1.82, 2.24) is 10.3 Å². The molecule has 1 fully saturated rings. The summed E-state index contributed by atoms with van der Waals surface area (Å²) < 4.78 is 0. The van der Waals surface area contributed by atoms with Crippen molar-refractivity contribution >= 4 is 5.91 Å². The summed E-state index contributed by atoms with van der Waals surface area (Å²) in [5.41, 5.74) is 1.72. The molecule has 1 heterocycles.